The predicted molar refractivity (Wildman–Crippen MR) is 115 cm³/mol. The van der Waals surface area contributed by atoms with Crippen LogP contribution in [0.3, 0.4) is 0 Å². The van der Waals surface area contributed by atoms with Gasteiger partial charge in [-0.05, 0) is 54.7 Å². The Morgan fingerprint density at radius 2 is 1.87 bits per heavy atom. The summed E-state index contributed by atoms with van der Waals surface area (Å²) >= 11 is 1.39. The molecule has 0 unspecified atom stereocenters. The van der Waals surface area contributed by atoms with E-state index < -0.39 is 5.97 Å². The first-order valence-corrected chi connectivity index (χ1v) is 10.7. The number of aryl methyl sites for hydroxylation is 1. The Hall–Kier alpha value is -3.12. The molecule has 4 nitrogen and oxygen atoms in total. The molecule has 6 heteroatoms. The van der Waals surface area contributed by atoms with E-state index in [9.17, 15) is 9.18 Å². The molecule has 1 N–H and O–H groups in total. The van der Waals surface area contributed by atoms with Crippen LogP contribution in [0.4, 0.5) is 4.39 Å². The van der Waals surface area contributed by atoms with Gasteiger partial charge in [0, 0.05) is 17.4 Å². The highest BCUT2D eigenvalue weighted by atomic mass is 32.1. The number of aliphatic carboxylic acids is 1. The number of halogens is 1. The van der Waals surface area contributed by atoms with Crippen LogP contribution in [-0.4, -0.2) is 21.0 Å². The van der Waals surface area contributed by atoms with Crippen molar-refractivity contribution in [3.63, 3.8) is 0 Å². The first kappa shape index (κ1) is 18.9. The molecule has 150 valence electrons. The van der Waals surface area contributed by atoms with Crippen LogP contribution in [0.1, 0.15) is 36.1 Å². The quantitative estimate of drug-likeness (QED) is 0.443. The summed E-state index contributed by atoms with van der Waals surface area (Å²) in [5.74, 6) is -1.28. The van der Waals surface area contributed by atoms with E-state index in [0.717, 1.165) is 28.9 Å². The van der Waals surface area contributed by atoms with Crippen molar-refractivity contribution in [1.82, 2.24) is 9.97 Å². The van der Waals surface area contributed by atoms with Gasteiger partial charge in [0.25, 0.3) is 0 Å². The maximum absolute atomic E-state index is 14.7. The second-order valence-electron chi connectivity index (χ2n) is 7.70. The molecule has 0 spiro atoms. The highest BCUT2D eigenvalue weighted by molar-refractivity contribution is 7.21. The van der Waals surface area contributed by atoms with Crippen LogP contribution in [0.5, 0.6) is 0 Å². The number of pyridine rings is 1. The largest absolute Gasteiger partial charge is 0.481 e. The lowest BCUT2D eigenvalue weighted by molar-refractivity contribution is -0.136. The number of carboxylic acids is 1. The van der Waals surface area contributed by atoms with Gasteiger partial charge in [0.05, 0.1) is 5.69 Å². The molecule has 0 saturated heterocycles. The minimum absolute atomic E-state index is 0.0172. The van der Waals surface area contributed by atoms with Crippen molar-refractivity contribution in [1.29, 1.82) is 0 Å². The van der Waals surface area contributed by atoms with Crippen LogP contribution < -0.4 is 0 Å². The molecule has 0 bridgehead atoms. The molecule has 30 heavy (non-hydrogen) atoms. The predicted octanol–water partition coefficient (Wildman–Crippen LogP) is 5.59. The van der Waals surface area contributed by atoms with Crippen molar-refractivity contribution in [2.45, 2.75) is 31.1 Å². The number of fused-ring (bicyclic) bond motifs is 1. The fraction of sp³-hybridized carbons (Fsp3) is 0.208. The molecule has 1 aliphatic carbocycles. The van der Waals surface area contributed by atoms with Crippen LogP contribution in [0.2, 0.25) is 0 Å². The average Bonchev–Trinajstić information content (AvgIpc) is 3.46. The monoisotopic (exact) mass is 418 g/mol. The van der Waals surface area contributed by atoms with Gasteiger partial charge in [0.2, 0.25) is 0 Å². The molecule has 5 rings (SSSR count). The molecule has 1 fully saturated rings. The van der Waals surface area contributed by atoms with E-state index in [0.29, 0.717) is 22.6 Å². The first-order valence-electron chi connectivity index (χ1n) is 9.89. The summed E-state index contributed by atoms with van der Waals surface area (Å²) in [5, 5.41) is 9.39. The van der Waals surface area contributed by atoms with Crippen LogP contribution in [0.15, 0.2) is 60.7 Å². The van der Waals surface area contributed by atoms with Gasteiger partial charge in [-0.15, -0.1) is 0 Å². The smallest absolute Gasteiger partial charge is 0.303 e. The SMILES string of the molecule is O=C(O)CCc1ccc(-c2nc3ccc(C4(c5ccccc5)CC4)nc3s2)c(F)c1. The van der Waals surface area contributed by atoms with E-state index in [1.165, 1.54) is 23.0 Å². The molecule has 1 aliphatic rings. The first-order chi connectivity index (χ1) is 14.5. The Balaban J connectivity index is 1.47. The lowest BCUT2D eigenvalue weighted by Crippen LogP contribution is -2.10. The highest BCUT2D eigenvalue weighted by Crippen LogP contribution is 2.53. The summed E-state index contributed by atoms with van der Waals surface area (Å²) in [5.41, 5.74) is 4.15. The molecule has 0 aliphatic heterocycles. The van der Waals surface area contributed by atoms with Gasteiger partial charge in [-0.25, -0.2) is 14.4 Å². The van der Waals surface area contributed by atoms with E-state index in [-0.39, 0.29) is 17.7 Å². The number of rotatable bonds is 6. The average molecular weight is 418 g/mol. The Kier molecular flexibility index (Phi) is 4.59. The van der Waals surface area contributed by atoms with Crippen molar-refractivity contribution in [2.24, 2.45) is 0 Å². The number of thiazole rings is 1. The highest BCUT2D eigenvalue weighted by Gasteiger charge is 2.47. The van der Waals surface area contributed by atoms with Crippen molar-refractivity contribution in [2.75, 3.05) is 0 Å². The zero-order valence-corrected chi connectivity index (χ0v) is 17.0. The molecule has 0 amide bonds. The van der Waals surface area contributed by atoms with Gasteiger partial charge < -0.3 is 5.11 Å². The molecule has 4 aromatic rings. The third-order valence-electron chi connectivity index (χ3n) is 5.71. The van der Waals surface area contributed by atoms with Gasteiger partial charge >= 0.3 is 5.97 Å². The van der Waals surface area contributed by atoms with E-state index in [1.54, 1.807) is 12.1 Å². The second-order valence-corrected chi connectivity index (χ2v) is 8.67. The zero-order chi connectivity index (χ0) is 20.7. The van der Waals surface area contributed by atoms with E-state index >= 15 is 0 Å². The Bertz CT molecular complexity index is 1250. The summed E-state index contributed by atoms with van der Waals surface area (Å²) in [6.45, 7) is 0. The maximum atomic E-state index is 14.7. The molecule has 1 saturated carbocycles. The number of benzene rings is 2. The van der Waals surface area contributed by atoms with E-state index in [1.807, 2.05) is 18.2 Å². The van der Waals surface area contributed by atoms with Crippen molar-refractivity contribution in [3.8, 4) is 10.6 Å². The Morgan fingerprint density at radius 1 is 1.07 bits per heavy atom. The number of carbonyl (C=O) groups is 1. The minimum atomic E-state index is -0.892. The summed E-state index contributed by atoms with van der Waals surface area (Å²) in [4.78, 5) is 21.0. The van der Waals surface area contributed by atoms with Crippen LogP contribution in [-0.2, 0) is 16.6 Å². The molecule has 2 aromatic carbocycles. The topological polar surface area (TPSA) is 63.1 Å². The molecule has 0 atom stereocenters. The lowest BCUT2D eigenvalue weighted by Gasteiger charge is -2.14. The zero-order valence-electron chi connectivity index (χ0n) is 16.1. The summed E-state index contributed by atoms with van der Waals surface area (Å²) in [7, 11) is 0. The molecule has 0 radical (unpaired) electrons. The van der Waals surface area contributed by atoms with Crippen molar-refractivity contribution < 1.29 is 14.3 Å². The number of nitrogens with zero attached hydrogens (tertiary/aromatic N) is 2. The van der Waals surface area contributed by atoms with Crippen molar-refractivity contribution in [3.05, 3.63) is 83.3 Å². The van der Waals surface area contributed by atoms with Crippen molar-refractivity contribution >= 4 is 27.7 Å². The minimum Gasteiger partial charge on any atom is -0.481 e. The molecule has 2 aromatic heterocycles. The summed E-state index contributed by atoms with van der Waals surface area (Å²) in [6.07, 6.45) is 2.44. The fourth-order valence-electron chi connectivity index (χ4n) is 3.91. The summed E-state index contributed by atoms with van der Waals surface area (Å²) < 4.78 is 14.7. The number of aromatic nitrogens is 2. The lowest BCUT2D eigenvalue weighted by atomic mass is 9.92. The molecular formula is C24H19FN2O2S. The number of hydrogen-bond acceptors (Lipinski definition) is 4. The Morgan fingerprint density at radius 3 is 2.57 bits per heavy atom. The second kappa shape index (κ2) is 7.29. The normalized spacial score (nSPS) is 14.7. The van der Waals surface area contributed by atoms with Gasteiger partial charge in [0.15, 0.2) is 0 Å². The van der Waals surface area contributed by atoms with E-state index in [4.69, 9.17) is 10.1 Å². The molecule has 2 heterocycles. The summed E-state index contributed by atoms with van der Waals surface area (Å²) in [6, 6.07) is 19.3. The van der Waals surface area contributed by atoms with Gasteiger partial charge in [-0.1, -0.05) is 47.7 Å². The fourth-order valence-corrected chi connectivity index (χ4v) is 4.88. The van der Waals surface area contributed by atoms with Crippen LogP contribution >= 0.6 is 11.3 Å². The van der Waals surface area contributed by atoms with Crippen LogP contribution in [0.25, 0.3) is 20.9 Å². The third kappa shape index (κ3) is 3.37. The maximum Gasteiger partial charge on any atom is 0.303 e. The Labute approximate surface area is 177 Å². The van der Waals surface area contributed by atoms with Gasteiger partial charge in [0.1, 0.15) is 21.2 Å². The van der Waals surface area contributed by atoms with Gasteiger partial charge in [-0.2, -0.15) is 0 Å². The number of hydrogen-bond donors (Lipinski definition) is 1. The van der Waals surface area contributed by atoms with Gasteiger partial charge in [-0.3, -0.25) is 4.79 Å². The number of carboxylic acid groups (broad SMARTS) is 1. The third-order valence-corrected chi connectivity index (χ3v) is 6.71. The molecular weight excluding hydrogens is 399 g/mol. The standard InChI is InChI=1S/C24H19FN2O2S/c25-18-14-15(7-11-21(28)29)6-8-17(18)22-26-19-9-10-20(27-23(19)30-22)24(12-13-24)16-4-2-1-3-5-16/h1-6,8-10,14H,7,11-13H2,(H,28,29). The van der Waals surface area contributed by atoms with Crippen LogP contribution in [0, 0.1) is 5.82 Å². The van der Waals surface area contributed by atoms with E-state index in [2.05, 4.69) is 29.2 Å².